The van der Waals surface area contributed by atoms with Gasteiger partial charge in [-0.2, -0.15) is 0 Å². The number of nitrogens with one attached hydrogen (secondary N) is 1. The number of benzene rings is 1. The Bertz CT molecular complexity index is 831. The van der Waals surface area contributed by atoms with Gasteiger partial charge < -0.3 is 18.9 Å². The van der Waals surface area contributed by atoms with Crippen molar-refractivity contribution in [2.75, 3.05) is 6.61 Å². The fourth-order valence-electron chi connectivity index (χ4n) is 2.50. The molecule has 5 nitrogen and oxygen atoms in total. The molecule has 0 aliphatic rings. The first-order valence-corrected chi connectivity index (χ1v) is 7.60. The third-order valence-electron chi connectivity index (χ3n) is 3.70. The van der Waals surface area contributed by atoms with E-state index in [1.54, 1.807) is 13.0 Å². The van der Waals surface area contributed by atoms with Crippen LogP contribution in [0.15, 0.2) is 45.4 Å². The van der Waals surface area contributed by atoms with E-state index in [4.69, 9.17) is 13.6 Å². The van der Waals surface area contributed by atoms with Crippen LogP contribution >= 0.6 is 0 Å². The lowest BCUT2D eigenvalue weighted by Crippen LogP contribution is -2.26. The van der Waals surface area contributed by atoms with E-state index in [9.17, 15) is 4.79 Å². The van der Waals surface area contributed by atoms with E-state index in [0.29, 0.717) is 35.0 Å². The summed E-state index contributed by atoms with van der Waals surface area (Å²) in [6.45, 7) is 6.14. The standard InChI is InChI=1S/C18H19NO4/c1-4-21-15-7-5-6-13-10-16(23-17(13)15)11(2)19-18(20)14-8-9-22-12(14)3/h5-11H,4H2,1-3H3,(H,19,20). The smallest absolute Gasteiger partial charge is 0.255 e. The van der Waals surface area contributed by atoms with E-state index in [0.717, 1.165) is 5.39 Å². The minimum atomic E-state index is -0.265. The Morgan fingerprint density at radius 3 is 2.87 bits per heavy atom. The van der Waals surface area contributed by atoms with Gasteiger partial charge in [0, 0.05) is 5.39 Å². The fourth-order valence-corrected chi connectivity index (χ4v) is 2.50. The predicted octanol–water partition coefficient (Wildman–Crippen LogP) is 4.22. The number of furan rings is 2. The van der Waals surface area contributed by atoms with Crippen LogP contribution < -0.4 is 10.1 Å². The van der Waals surface area contributed by atoms with Crippen LogP contribution in [-0.4, -0.2) is 12.5 Å². The number of amides is 1. The van der Waals surface area contributed by atoms with Gasteiger partial charge in [-0.05, 0) is 39.0 Å². The maximum Gasteiger partial charge on any atom is 0.255 e. The normalized spacial score (nSPS) is 12.3. The van der Waals surface area contributed by atoms with Gasteiger partial charge in [0.1, 0.15) is 11.5 Å². The minimum absolute atomic E-state index is 0.186. The highest BCUT2D eigenvalue weighted by Gasteiger charge is 2.18. The van der Waals surface area contributed by atoms with Crippen molar-refractivity contribution in [1.82, 2.24) is 5.32 Å². The number of para-hydroxylation sites is 1. The number of hydrogen-bond donors (Lipinski definition) is 1. The highest BCUT2D eigenvalue weighted by molar-refractivity contribution is 5.95. The van der Waals surface area contributed by atoms with Gasteiger partial charge in [-0.1, -0.05) is 12.1 Å². The van der Waals surface area contributed by atoms with Gasteiger partial charge in [-0.25, -0.2) is 0 Å². The average molecular weight is 313 g/mol. The number of carbonyl (C=O) groups excluding carboxylic acids is 1. The maximum absolute atomic E-state index is 12.3. The van der Waals surface area contributed by atoms with E-state index < -0.39 is 0 Å². The van der Waals surface area contributed by atoms with Crippen molar-refractivity contribution in [3.8, 4) is 5.75 Å². The summed E-state index contributed by atoms with van der Waals surface area (Å²) >= 11 is 0. The van der Waals surface area contributed by atoms with E-state index in [1.165, 1.54) is 6.26 Å². The Kier molecular flexibility index (Phi) is 4.10. The minimum Gasteiger partial charge on any atom is -0.490 e. The topological polar surface area (TPSA) is 64.6 Å². The largest absolute Gasteiger partial charge is 0.490 e. The van der Waals surface area contributed by atoms with Crippen molar-refractivity contribution in [1.29, 1.82) is 0 Å². The predicted molar refractivity (Wildman–Crippen MR) is 86.7 cm³/mol. The molecule has 0 fully saturated rings. The van der Waals surface area contributed by atoms with Crippen molar-refractivity contribution in [2.45, 2.75) is 26.8 Å². The summed E-state index contributed by atoms with van der Waals surface area (Å²) in [5, 5.41) is 3.87. The van der Waals surface area contributed by atoms with Gasteiger partial charge in [0.2, 0.25) is 0 Å². The Balaban J connectivity index is 1.84. The summed E-state index contributed by atoms with van der Waals surface area (Å²) in [6, 6.07) is 9.06. The van der Waals surface area contributed by atoms with Gasteiger partial charge in [0.25, 0.3) is 5.91 Å². The molecule has 5 heteroatoms. The van der Waals surface area contributed by atoms with Crippen LogP contribution in [0.25, 0.3) is 11.0 Å². The number of rotatable bonds is 5. The molecule has 0 radical (unpaired) electrons. The summed E-state index contributed by atoms with van der Waals surface area (Å²) in [5.74, 6) is 1.80. The summed E-state index contributed by atoms with van der Waals surface area (Å²) < 4.78 is 16.6. The zero-order valence-corrected chi connectivity index (χ0v) is 13.4. The lowest BCUT2D eigenvalue weighted by molar-refractivity contribution is 0.0934. The molecule has 3 aromatic rings. The number of fused-ring (bicyclic) bond motifs is 1. The maximum atomic E-state index is 12.3. The van der Waals surface area contributed by atoms with Crippen molar-refractivity contribution >= 4 is 16.9 Å². The van der Waals surface area contributed by atoms with Crippen LogP contribution in [0.1, 0.15) is 41.8 Å². The van der Waals surface area contributed by atoms with Crippen molar-refractivity contribution in [2.24, 2.45) is 0 Å². The van der Waals surface area contributed by atoms with Crippen molar-refractivity contribution in [3.63, 3.8) is 0 Å². The molecule has 120 valence electrons. The van der Waals surface area contributed by atoms with Gasteiger partial charge in [-0.15, -0.1) is 0 Å². The second-order valence-corrected chi connectivity index (χ2v) is 5.34. The number of aryl methyl sites for hydroxylation is 1. The molecule has 1 N–H and O–H groups in total. The molecule has 1 atom stereocenters. The molecule has 1 amide bonds. The Morgan fingerprint density at radius 1 is 1.35 bits per heavy atom. The zero-order valence-electron chi connectivity index (χ0n) is 13.4. The van der Waals surface area contributed by atoms with E-state index in [-0.39, 0.29) is 11.9 Å². The molecule has 0 saturated carbocycles. The van der Waals surface area contributed by atoms with Crippen molar-refractivity contribution < 1.29 is 18.4 Å². The summed E-state index contributed by atoms with van der Waals surface area (Å²) in [6.07, 6.45) is 1.50. The molecule has 23 heavy (non-hydrogen) atoms. The highest BCUT2D eigenvalue weighted by atomic mass is 16.5. The van der Waals surface area contributed by atoms with Crippen LogP contribution in [0.2, 0.25) is 0 Å². The van der Waals surface area contributed by atoms with Crippen LogP contribution in [0, 0.1) is 6.92 Å². The quantitative estimate of drug-likeness (QED) is 0.766. The second kappa shape index (κ2) is 6.20. The Labute approximate surface area is 134 Å². The summed E-state index contributed by atoms with van der Waals surface area (Å²) in [7, 11) is 0. The van der Waals surface area contributed by atoms with Crippen LogP contribution in [0.3, 0.4) is 0 Å². The van der Waals surface area contributed by atoms with Crippen LogP contribution in [0.5, 0.6) is 5.75 Å². The molecule has 1 unspecified atom stereocenters. The number of ether oxygens (including phenoxy) is 1. The lowest BCUT2D eigenvalue weighted by Gasteiger charge is -2.10. The van der Waals surface area contributed by atoms with E-state index in [2.05, 4.69) is 5.32 Å². The molecule has 3 rings (SSSR count). The van der Waals surface area contributed by atoms with E-state index >= 15 is 0 Å². The van der Waals surface area contributed by atoms with Gasteiger partial charge in [-0.3, -0.25) is 4.79 Å². The highest BCUT2D eigenvalue weighted by Crippen LogP contribution is 2.31. The molecule has 0 bridgehead atoms. The first kappa shape index (κ1) is 15.2. The van der Waals surface area contributed by atoms with Gasteiger partial charge >= 0.3 is 0 Å². The number of carbonyl (C=O) groups is 1. The Morgan fingerprint density at radius 2 is 2.17 bits per heavy atom. The zero-order chi connectivity index (χ0) is 16.4. The van der Waals surface area contributed by atoms with Crippen molar-refractivity contribution in [3.05, 3.63) is 53.7 Å². The Hall–Kier alpha value is -2.69. The van der Waals surface area contributed by atoms with Crippen LogP contribution in [0.4, 0.5) is 0 Å². The van der Waals surface area contributed by atoms with Crippen LogP contribution in [-0.2, 0) is 0 Å². The molecule has 0 aliphatic heterocycles. The molecule has 0 spiro atoms. The molecule has 0 saturated heterocycles. The monoisotopic (exact) mass is 313 g/mol. The molecular formula is C18H19NO4. The summed E-state index contributed by atoms with van der Waals surface area (Å²) in [5.41, 5.74) is 1.23. The second-order valence-electron chi connectivity index (χ2n) is 5.34. The molecule has 2 heterocycles. The average Bonchev–Trinajstić information content (AvgIpc) is 3.14. The SMILES string of the molecule is CCOc1cccc2cc(C(C)NC(=O)c3ccoc3C)oc12. The third kappa shape index (κ3) is 2.95. The fraction of sp³-hybridized carbons (Fsp3) is 0.278. The van der Waals surface area contributed by atoms with Gasteiger partial charge in [0.15, 0.2) is 11.3 Å². The molecule has 2 aromatic heterocycles. The first-order valence-electron chi connectivity index (χ1n) is 7.60. The van der Waals surface area contributed by atoms with E-state index in [1.807, 2.05) is 38.1 Å². The summed E-state index contributed by atoms with van der Waals surface area (Å²) in [4.78, 5) is 12.3. The molecule has 0 aliphatic carbocycles. The van der Waals surface area contributed by atoms with Gasteiger partial charge in [0.05, 0.1) is 24.5 Å². The lowest BCUT2D eigenvalue weighted by atomic mass is 10.2. The molecule has 1 aromatic carbocycles. The number of hydrogen-bond acceptors (Lipinski definition) is 4. The third-order valence-corrected chi connectivity index (χ3v) is 3.70. The molecular weight excluding hydrogens is 294 g/mol. The first-order chi connectivity index (χ1) is 11.1.